The maximum absolute atomic E-state index is 12.0. The molecule has 0 amide bonds. The standard InChI is InChI=1S/C12H18ClNO3S/c1-2-3-6-17-7-8-18(15,16)12-9-10(14)4-5-11(12)13/h4-5,9H,2-3,6-8,14H2,1H3. The Kier molecular flexibility index (Phi) is 5.91. The number of sulfone groups is 1. The van der Waals surface area contributed by atoms with Crippen LogP contribution >= 0.6 is 11.6 Å². The maximum atomic E-state index is 12.0. The van der Waals surface area contributed by atoms with Crippen LogP contribution in [0.2, 0.25) is 5.02 Å². The van der Waals surface area contributed by atoms with Crippen molar-refractivity contribution in [3.63, 3.8) is 0 Å². The number of anilines is 1. The van der Waals surface area contributed by atoms with Gasteiger partial charge in [0.05, 0.1) is 22.3 Å². The summed E-state index contributed by atoms with van der Waals surface area (Å²) in [5.41, 5.74) is 5.94. The molecule has 0 spiro atoms. The Morgan fingerprint density at radius 2 is 2.06 bits per heavy atom. The molecule has 0 atom stereocenters. The molecule has 4 nitrogen and oxygen atoms in total. The van der Waals surface area contributed by atoms with Gasteiger partial charge in [-0.05, 0) is 24.6 Å². The van der Waals surface area contributed by atoms with E-state index in [4.69, 9.17) is 22.1 Å². The molecule has 0 bridgehead atoms. The summed E-state index contributed by atoms with van der Waals surface area (Å²) in [6.45, 7) is 2.80. The number of rotatable bonds is 7. The van der Waals surface area contributed by atoms with E-state index in [1.54, 1.807) is 6.07 Å². The van der Waals surface area contributed by atoms with Crippen molar-refractivity contribution in [3.8, 4) is 0 Å². The van der Waals surface area contributed by atoms with Crippen LogP contribution in [-0.2, 0) is 14.6 Å². The van der Waals surface area contributed by atoms with Gasteiger partial charge in [0, 0.05) is 12.3 Å². The van der Waals surface area contributed by atoms with E-state index < -0.39 is 9.84 Å². The van der Waals surface area contributed by atoms with Gasteiger partial charge in [0.1, 0.15) is 0 Å². The minimum atomic E-state index is -3.44. The SMILES string of the molecule is CCCCOCCS(=O)(=O)c1cc(N)ccc1Cl. The van der Waals surface area contributed by atoms with Gasteiger partial charge < -0.3 is 10.5 Å². The molecule has 0 saturated heterocycles. The first kappa shape index (κ1) is 15.3. The smallest absolute Gasteiger partial charge is 0.182 e. The summed E-state index contributed by atoms with van der Waals surface area (Å²) in [5, 5.41) is 0.192. The van der Waals surface area contributed by atoms with E-state index in [0.717, 1.165) is 12.8 Å². The van der Waals surface area contributed by atoms with Gasteiger partial charge in [0.2, 0.25) is 0 Å². The van der Waals surface area contributed by atoms with Gasteiger partial charge in [-0.1, -0.05) is 24.9 Å². The lowest BCUT2D eigenvalue weighted by Crippen LogP contribution is -2.13. The Morgan fingerprint density at radius 1 is 1.33 bits per heavy atom. The zero-order valence-corrected chi connectivity index (χ0v) is 11.9. The quantitative estimate of drug-likeness (QED) is 0.619. The van der Waals surface area contributed by atoms with Gasteiger partial charge in [0.15, 0.2) is 9.84 Å². The predicted octanol–water partition coefficient (Wildman–Crippen LogP) is 2.51. The van der Waals surface area contributed by atoms with Crippen LogP contribution in [0.25, 0.3) is 0 Å². The normalized spacial score (nSPS) is 11.7. The molecule has 1 aromatic carbocycles. The van der Waals surface area contributed by atoms with Crippen molar-refractivity contribution >= 4 is 27.1 Å². The zero-order valence-electron chi connectivity index (χ0n) is 10.4. The van der Waals surface area contributed by atoms with Crippen molar-refractivity contribution < 1.29 is 13.2 Å². The highest BCUT2D eigenvalue weighted by Crippen LogP contribution is 2.24. The number of halogens is 1. The van der Waals surface area contributed by atoms with Crippen LogP contribution in [-0.4, -0.2) is 27.4 Å². The Hall–Kier alpha value is -0.780. The molecular formula is C12H18ClNO3S. The molecule has 0 aliphatic heterocycles. The summed E-state index contributed by atoms with van der Waals surface area (Å²) in [5.74, 6) is -0.0834. The number of nitrogen functional groups attached to an aromatic ring is 1. The summed E-state index contributed by atoms with van der Waals surface area (Å²) in [6, 6.07) is 4.44. The number of unbranched alkanes of at least 4 members (excludes halogenated alkanes) is 1. The largest absolute Gasteiger partial charge is 0.399 e. The van der Waals surface area contributed by atoms with Crippen molar-refractivity contribution in [2.75, 3.05) is 24.7 Å². The zero-order chi connectivity index (χ0) is 13.6. The third kappa shape index (κ3) is 4.48. The molecule has 0 saturated carbocycles. The first-order valence-corrected chi connectivity index (χ1v) is 7.86. The van der Waals surface area contributed by atoms with Gasteiger partial charge in [-0.25, -0.2) is 8.42 Å². The lowest BCUT2D eigenvalue weighted by atomic mass is 10.3. The fraction of sp³-hybridized carbons (Fsp3) is 0.500. The molecule has 0 unspecified atom stereocenters. The third-order valence-corrected chi connectivity index (χ3v) is 4.58. The van der Waals surface area contributed by atoms with E-state index in [2.05, 4.69) is 0 Å². The van der Waals surface area contributed by atoms with Crippen LogP contribution in [0, 0.1) is 0 Å². The lowest BCUT2D eigenvalue weighted by molar-refractivity contribution is 0.146. The first-order valence-electron chi connectivity index (χ1n) is 5.83. The van der Waals surface area contributed by atoms with Gasteiger partial charge in [-0.2, -0.15) is 0 Å². The van der Waals surface area contributed by atoms with Gasteiger partial charge in [-0.3, -0.25) is 0 Å². The van der Waals surface area contributed by atoms with E-state index in [1.807, 2.05) is 6.92 Å². The number of hydrogen-bond acceptors (Lipinski definition) is 4. The molecule has 2 N–H and O–H groups in total. The second kappa shape index (κ2) is 6.97. The van der Waals surface area contributed by atoms with Crippen LogP contribution < -0.4 is 5.73 Å². The predicted molar refractivity (Wildman–Crippen MR) is 73.6 cm³/mol. The Labute approximate surface area is 113 Å². The minimum Gasteiger partial charge on any atom is -0.399 e. The second-order valence-electron chi connectivity index (χ2n) is 3.97. The molecular weight excluding hydrogens is 274 g/mol. The molecule has 18 heavy (non-hydrogen) atoms. The lowest BCUT2D eigenvalue weighted by Gasteiger charge is -2.08. The molecule has 1 rings (SSSR count). The Bertz CT molecular complexity index is 488. The Balaban J connectivity index is 2.66. The highest BCUT2D eigenvalue weighted by Gasteiger charge is 2.18. The summed E-state index contributed by atoms with van der Waals surface area (Å²) in [4.78, 5) is 0.0725. The molecule has 0 aliphatic rings. The Morgan fingerprint density at radius 3 is 2.72 bits per heavy atom. The minimum absolute atomic E-state index is 0.0725. The molecule has 6 heteroatoms. The molecule has 0 aliphatic carbocycles. The summed E-state index contributed by atoms with van der Waals surface area (Å²) in [7, 11) is -3.44. The molecule has 0 fully saturated rings. The molecule has 102 valence electrons. The second-order valence-corrected chi connectivity index (χ2v) is 6.46. The van der Waals surface area contributed by atoms with Crippen molar-refractivity contribution in [1.82, 2.24) is 0 Å². The van der Waals surface area contributed by atoms with Crippen LogP contribution in [0.3, 0.4) is 0 Å². The topological polar surface area (TPSA) is 69.4 Å². The summed E-state index contributed by atoms with van der Waals surface area (Å²) in [6.07, 6.45) is 1.95. The van der Waals surface area contributed by atoms with Crippen LogP contribution in [0.1, 0.15) is 19.8 Å². The molecule has 0 radical (unpaired) electrons. The average Bonchev–Trinajstić information content (AvgIpc) is 2.32. The van der Waals surface area contributed by atoms with Crippen molar-refractivity contribution in [2.24, 2.45) is 0 Å². The van der Waals surface area contributed by atoms with E-state index in [-0.39, 0.29) is 22.3 Å². The summed E-state index contributed by atoms with van der Waals surface area (Å²) >= 11 is 5.87. The van der Waals surface area contributed by atoms with Crippen molar-refractivity contribution in [1.29, 1.82) is 0 Å². The number of ether oxygens (including phenoxy) is 1. The number of benzene rings is 1. The maximum Gasteiger partial charge on any atom is 0.182 e. The van der Waals surface area contributed by atoms with Gasteiger partial charge in [0.25, 0.3) is 0 Å². The average molecular weight is 292 g/mol. The van der Waals surface area contributed by atoms with Crippen LogP contribution in [0.15, 0.2) is 23.1 Å². The van der Waals surface area contributed by atoms with E-state index in [0.29, 0.717) is 12.3 Å². The van der Waals surface area contributed by atoms with Crippen LogP contribution in [0.5, 0.6) is 0 Å². The van der Waals surface area contributed by atoms with Gasteiger partial charge >= 0.3 is 0 Å². The van der Waals surface area contributed by atoms with Crippen molar-refractivity contribution in [3.05, 3.63) is 23.2 Å². The van der Waals surface area contributed by atoms with Gasteiger partial charge in [-0.15, -0.1) is 0 Å². The van der Waals surface area contributed by atoms with Crippen molar-refractivity contribution in [2.45, 2.75) is 24.7 Å². The van der Waals surface area contributed by atoms with Crippen LogP contribution in [0.4, 0.5) is 5.69 Å². The van der Waals surface area contributed by atoms with E-state index >= 15 is 0 Å². The number of hydrogen-bond donors (Lipinski definition) is 1. The monoisotopic (exact) mass is 291 g/mol. The first-order chi connectivity index (χ1) is 8.47. The summed E-state index contributed by atoms with van der Waals surface area (Å²) < 4.78 is 29.3. The molecule has 0 heterocycles. The van der Waals surface area contributed by atoms with E-state index in [1.165, 1.54) is 12.1 Å². The third-order valence-electron chi connectivity index (χ3n) is 2.43. The number of nitrogens with two attached hydrogens (primary N) is 1. The fourth-order valence-electron chi connectivity index (χ4n) is 1.39. The highest BCUT2D eigenvalue weighted by molar-refractivity contribution is 7.91. The highest BCUT2D eigenvalue weighted by atomic mass is 35.5. The molecule has 0 aromatic heterocycles. The fourth-order valence-corrected chi connectivity index (χ4v) is 3.09. The molecule has 1 aromatic rings. The van der Waals surface area contributed by atoms with E-state index in [9.17, 15) is 8.42 Å².